The van der Waals surface area contributed by atoms with Crippen LogP contribution in [0.4, 0.5) is 5.82 Å². The number of aromatic nitrogens is 4. The molecular formula is C21H37N8O17P3S. The zero-order valence-corrected chi connectivity index (χ0v) is 29.7. The second-order valence-electron chi connectivity index (χ2n) is 11.2. The molecule has 1 aliphatic heterocycles. The van der Waals surface area contributed by atoms with E-state index in [1.54, 1.807) is 0 Å². The Labute approximate surface area is 285 Å². The fraction of sp³-hybridized carbons (Fsp3) is 0.667. The van der Waals surface area contributed by atoms with Crippen molar-refractivity contribution in [3.8, 4) is 0 Å². The zero-order chi connectivity index (χ0) is 37.7. The minimum Gasteiger partial charge on any atom is -0.386 e. The fourth-order valence-electron chi connectivity index (χ4n) is 4.23. The Balaban J connectivity index is 1.57. The van der Waals surface area contributed by atoms with Gasteiger partial charge in [0.2, 0.25) is 11.8 Å². The Morgan fingerprint density at radius 2 is 1.76 bits per heavy atom. The molecule has 0 spiro atoms. The van der Waals surface area contributed by atoms with Crippen LogP contribution in [0.5, 0.6) is 0 Å². The summed E-state index contributed by atoms with van der Waals surface area (Å²) in [6, 6.07) is 0. The summed E-state index contributed by atoms with van der Waals surface area (Å²) in [4.78, 5) is 74.8. The van der Waals surface area contributed by atoms with Gasteiger partial charge in [-0.15, -0.1) is 0 Å². The average molecular weight is 799 g/mol. The van der Waals surface area contributed by atoms with Gasteiger partial charge in [0.15, 0.2) is 17.7 Å². The second kappa shape index (κ2) is 17.0. The van der Waals surface area contributed by atoms with Crippen LogP contribution < -0.4 is 21.5 Å². The monoisotopic (exact) mass is 798 g/mol. The summed E-state index contributed by atoms with van der Waals surface area (Å²) in [5, 5.41) is 31.0. The van der Waals surface area contributed by atoms with Gasteiger partial charge in [0, 0.05) is 24.9 Å². The van der Waals surface area contributed by atoms with Gasteiger partial charge in [-0.05, 0) is 0 Å². The highest BCUT2D eigenvalue weighted by atomic mass is 32.2. The third kappa shape index (κ3) is 12.1. The molecule has 2 amide bonds. The summed E-state index contributed by atoms with van der Waals surface area (Å²) in [7, 11) is -18.0. The molecular weight excluding hydrogens is 761 g/mol. The first-order valence-electron chi connectivity index (χ1n) is 14.0. The number of nitrogen functional groups attached to an aromatic ring is 1. The number of carbonyl (C=O) groups excluding carboxylic acids is 2. The molecule has 0 aliphatic carbocycles. The molecule has 1 saturated heterocycles. The molecule has 0 saturated carbocycles. The summed E-state index contributed by atoms with van der Waals surface area (Å²) < 4.78 is 72.5. The van der Waals surface area contributed by atoms with Gasteiger partial charge in [-0.2, -0.15) is 4.31 Å². The number of carbonyl (C=O) groups is 2. The summed E-state index contributed by atoms with van der Waals surface area (Å²) in [6.45, 7) is 0.257. The average Bonchev–Trinajstić information content (AvgIpc) is 3.54. The van der Waals surface area contributed by atoms with E-state index in [0.29, 0.717) is 0 Å². The van der Waals surface area contributed by atoms with E-state index in [2.05, 4.69) is 34.4 Å². The Morgan fingerprint density at radius 3 is 2.40 bits per heavy atom. The predicted molar refractivity (Wildman–Crippen MR) is 167 cm³/mol. The maximum absolute atomic E-state index is 12.6. The molecule has 3 rings (SSSR count). The summed E-state index contributed by atoms with van der Waals surface area (Å²) in [6.07, 6.45) is -6.97. The van der Waals surface area contributed by atoms with Crippen molar-refractivity contribution in [3.63, 3.8) is 0 Å². The lowest BCUT2D eigenvalue weighted by molar-refractivity contribution is -0.137. The number of hydrogen-bond donors (Lipinski definition) is 10. The number of ether oxygens (including phenoxy) is 1. The number of phosphoric ester groups is 3. The molecule has 29 heteroatoms. The lowest BCUT2D eigenvalue weighted by Gasteiger charge is -2.30. The molecule has 1 fully saturated rings. The first-order chi connectivity index (χ1) is 23.0. The highest BCUT2D eigenvalue weighted by Gasteiger charge is 2.50. The van der Waals surface area contributed by atoms with Gasteiger partial charge in [-0.1, -0.05) is 13.8 Å². The van der Waals surface area contributed by atoms with Crippen LogP contribution in [0, 0.1) is 5.41 Å². The minimum absolute atomic E-state index is 0.0212. The smallest absolute Gasteiger partial charge is 0.386 e. The van der Waals surface area contributed by atoms with Gasteiger partial charge in [-0.3, -0.25) is 32.9 Å². The lowest BCUT2D eigenvalue weighted by atomic mass is 9.87. The maximum atomic E-state index is 12.6. The van der Waals surface area contributed by atoms with Crippen LogP contribution in [0.3, 0.4) is 0 Å². The van der Waals surface area contributed by atoms with Crippen LogP contribution in [0.2, 0.25) is 0 Å². The molecule has 4 unspecified atom stereocenters. The number of aliphatic hydroxyl groups excluding tert-OH is 2. The van der Waals surface area contributed by atoms with E-state index in [1.165, 1.54) is 13.8 Å². The van der Waals surface area contributed by atoms with E-state index >= 15 is 0 Å². The molecule has 2 aromatic heterocycles. The van der Waals surface area contributed by atoms with E-state index in [1.807, 2.05) is 0 Å². The van der Waals surface area contributed by atoms with Gasteiger partial charge in [0.1, 0.15) is 36.3 Å². The SMILES string of the molecule is CC(C)(COP(=O)(O)OP(=O)(O)OC[C@H]1O[C@@H](n2cnc3c(N)ncnc32)[C@H](O)[C@@H]1OP(=O)(O)O)C(O)C(=O)NCCC(=O)NCCS(N)=O. The van der Waals surface area contributed by atoms with Crippen molar-refractivity contribution < 1.29 is 79.9 Å². The van der Waals surface area contributed by atoms with Crippen molar-refractivity contribution in [2.45, 2.75) is 50.9 Å². The van der Waals surface area contributed by atoms with Crippen molar-refractivity contribution in [1.29, 1.82) is 0 Å². The number of nitrogens with one attached hydrogen (secondary N) is 2. The van der Waals surface area contributed by atoms with Crippen LogP contribution in [0.25, 0.3) is 11.2 Å². The van der Waals surface area contributed by atoms with Gasteiger partial charge in [-0.25, -0.2) is 32.9 Å². The standard InChI is InChI=1S/C21H37N8O17P3S/c1-21(2,16(32)19(33)25-4-3-12(30)24-5-6-50(23)41)8-43-49(39,40)46-48(37,38)42-7-11-15(45-47(34,35)36)14(31)20(44-11)29-10-28-13-17(22)26-9-27-18(13)29/h9-11,14-16,20,31-32H,3-8,23H2,1-2H3,(H,24,30)(H,25,33)(H,37,38)(H,39,40)(H2,22,26,27)(H2,34,35,36)/t11-,14-,15-,16?,20-,50?/m1/s1. The lowest BCUT2D eigenvalue weighted by Crippen LogP contribution is -2.46. The molecule has 0 bridgehead atoms. The third-order valence-corrected chi connectivity index (χ3v) is 10.4. The Kier molecular flexibility index (Phi) is 14.3. The molecule has 12 N–H and O–H groups in total. The van der Waals surface area contributed by atoms with E-state index in [9.17, 15) is 57.3 Å². The van der Waals surface area contributed by atoms with Crippen LogP contribution in [-0.2, 0) is 56.9 Å². The first-order valence-corrected chi connectivity index (χ1v) is 19.9. The van der Waals surface area contributed by atoms with Crippen LogP contribution in [-0.4, -0.2) is 122 Å². The number of fused-ring (bicyclic) bond motifs is 1. The van der Waals surface area contributed by atoms with Crippen molar-refractivity contribution in [2.24, 2.45) is 10.6 Å². The van der Waals surface area contributed by atoms with Gasteiger partial charge < -0.3 is 50.9 Å². The van der Waals surface area contributed by atoms with Crippen LogP contribution >= 0.6 is 23.5 Å². The predicted octanol–water partition coefficient (Wildman–Crippen LogP) is -2.97. The van der Waals surface area contributed by atoms with E-state index in [4.69, 9.17) is 24.7 Å². The van der Waals surface area contributed by atoms with E-state index in [0.717, 1.165) is 17.2 Å². The molecule has 25 nitrogen and oxygen atoms in total. The highest BCUT2D eigenvalue weighted by Crippen LogP contribution is 2.61. The second-order valence-corrected chi connectivity index (χ2v) is 16.6. The number of rotatable bonds is 19. The number of hydrogen-bond acceptors (Lipinski definition) is 17. The van der Waals surface area contributed by atoms with Crippen molar-refractivity contribution in [3.05, 3.63) is 12.7 Å². The van der Waals surface area contributed by atoms with Gasteiger partial charge in [0.25, 0.3) is 0 Å². The molecule has 1 aliphatic rings. The van der Waals surface area contributed by atoms with Crippen LogP contribution in [0.1, 0.15) is 26.5 Å². The van der Waals surface area contributed by atoms with Crippen molar-refractivity contribution in [2.75, 3.05) is 37.8 Å². The summed E-state index contributed by atoms with van der Waals surface area (Å²) in [5.41, 5.74) is 4.24. The first kappa shape index (κ1) is 42.1. The van der Waals surface area contributed by atoms with E-state index in [-0.39, 0.29) is 42.2 Å². The molecule has 50 heavy (non-hydrogen) atoms. The minimum atomic E-state index is -5.56. The molecule has 2 aromatic rings. The Bertz CT molecular complexity index is 1690. The Morgan fingerprint density at radius 1 is 1.10 bits per heavy atom. The number of nitrogens with two attached hydrogens (primary N) is 2. The zero-order valence-electron chi connectivity index (χ0n) is 26.2. The van der Waals surface area contributed by atoms with Gasteiger partial charge >= 0.3 is 23.5 Å². The maximum Gasteiger partial charge on any atom is 0.481 e. The van der Waals surface area contributed by atoms with Gasteiger partial charge in [0.05, 0.1) is 36.3 Å². The normalized spacial score (nSPS) is 23.5. The van der Waals surface area contributed by atoms with Crippen molar-refractivity contribution in [1.82, 2.24) is 30.2 Å². The number of phosphoric acid groups is 3. The highest BCUT2D eigenvalue weighted by molar-refractivity contribution is 7.82. The van der Waals surface area contributed by atoms with Crippen molar-refractivity contribution >= 4 is 63.2 Å². The number of aliphatic hydroxyl groups is 2. The number of imidazole rings is 1. The molecule has 0 radical (unpaired) electrons. The molecule has 8 atom stereocenters. The topological polar surface area (TPSA) is 390 Å². The quantitative estimate of drug-likeness (QED) is 0.0634. The Hall–Kier alpha value is -2.35. The summed E-state index contributed by atoms with van der Waals surface area (Å²) >= 11 is 0. The third-order valence-electron chi connectivity index (χ3n) is 6.70. The number of amides is 2. The molecule has 284 valence electrons. The largest absolute Gasteiger partial charge is 0.481 e. The summed E-state index contributed by atoms with van der Waals surface area (Å²) in [5.74, 6) is -1.53. The van der Waals surface area contributed by atoms with E-state index < -0.39 is 95.5 Å². The fourth-order valence-corrected chi connectivity index (χ4v) is 7.36. The number of anilines is 1. The van der Waals surface area contributed by atoms with Crippen LogP contribution in [0.15, 0.2) is 12.7 Å². The molecule has 0 aromatic carbocycles. The number of nitrogens with zero attached hydrogens (tertiary/aromatic N) is 4. The molecule has 3 heterocycles.